The first-order valence-corrected chi connectivity index (χ1v) is 5.34. The van der Waals surface area contributed by atoms with Crippen LogP contribution in [-0.2, 0) is 4.79 Å². The van der Waals surface area contributed by atoms with Gasteiger partial charge >= 0.3 is 0 Å². The van der Waals surface area contributed by atoms with Crippen molar-refractivity contribution in [3.05, 3.63) is 35.9 Å². The summed E-state index contributed by atoms with van der Waals surface area (Å²) in [6.45, 7) is 5.62. The molecule has 0 fully saturated rings. The Bertz CT molecular complexity index is 280. The van der Waals surface area contributed by atoms with E-state index < -0.39 is 0 Å². The number of benzene rings is 1. The van der Waals surface area contributed by atoms with Gasteiger partial charge in [-0.2, -0.15) is 0 Å². The number of likely N-dealkylation sites (N-methyl/N-ethyl adjacent to an activating group) is 1. The molecule has 0 radical (unpaired) electrons. The van der Waals surface area contributed by atoms with E-state index in [1.165, 1.54) is 0 Å². The van der Waals surface area contributed by atoms with E-state index in [4.69, 9.17) is 0 Å². The second-order valence-electron chi connectivity index (χ2n) is 3.39. The number of hydrogen-bond donors (Lipinski definition) is 0. The van der Waals surface area contributed by atoms with Crippen LogP contribution in [0.1, 0.15) is 32.4 Å². The van der Waals surface area contributed by atoms with Crippen molar-refractivity contribution in [1.29, 1.82) is 0 Å². The molecule has 0 saturated heterocycles. The van der Waals surface area contributed by atoms with Crippen LogP contribution in [0.2, 0.25) is 0 Å². The SMILES string of the molecule is CC.CC(=O)C(c1ccccc1)N(C)C. The number of ketones is 1. The van der Waals surface area contributed by atoms with Crippen molar-refractivity contribution in [3.63, 3.8) is 0 Å². The van der Waals surface area contributed by atoms with Crippen LogP contribution < -0.4 is 0 Å². The van der Waals surface area contributed by atoms with Gasteiger partial charge < -0.3 is 0 Å². The van der Waals surface area contributed by atoms with E-state index in [2.05, 4.69) is 0 Å². The van der Waals surface area contributed by atoms with Gasteiger partial charge in [0.2, 0.25) is 0 Å². The zero-order valence-electron chi connectivity index (χ0n) is 10.3. The van der Waals surface area contributed by atoms with Crippen LogP contribution in [0.15, 0.2) is 30.3 Å². The number of carbonyl (C=O) groups excluding carboxylic acids is 1. The molecule has 0 aromatic heterocycles. The molecule has 1 atom stereocenters. The molecule has 0 aliphatic rings. The smallest absolute Gasteiger partial charge is 0.151 e. The van der Waals surface area contributed by atoms with Gasteiger partial charge in [-0.1, -0.05) is 44.2 Å². The summed E-state index contributed by atoms with van der Waals surface area (Å²) in [5.74, 6) is 0.177. The molecule has 2 heteroatoms. The molecule has 0 aliphatic heterocycles. The van der Waals surface area contributed by atoms with Crippen molar-refractivity contribution in [2.75, 3.05) is 14.1 Å². The predicted octanol–water partition coefficient (Wildman–Crippen LogP) is 2.90. The summed E-state index contributed by atoms with van der Waals surface area (Å²) in [5.41, 5.74) is 1.06. The Morgan fingerprint density at radius 2 is 1.60 bits per heavy atom. The molecule has 1 rings (SSSR count). The Hall–Kier alpha value is -1.15. The molecule has 0 N–H and O–H groups in total. The van der Waals surface area contributed by atoms with Gasteiger partial charge in [-0.05, 0) is 26.6 Å². The average molecular weight is 207 g/mol. The highest BCUT2D eigenvalue weighted by atomic mass is 16.1. The van der Waals surface area contributed by atoms with Gasteiger partial charge in [-0.15, -0.1) is 0 Å². The van der Waals surface area contributed by atoms with Crippen molar-refractivity contribution < 1.29 is 4.79 Å². The third-order valence-corrected chi connectivity index (χ3v) is 2.02. The Morgan fingerprint density at radius 1 is 1.13 bits per heavy atom. The van der Waals surface area contributed by atoms with Crippen molar-refractivity contribution in [2.45, 2.75) is 26.8 Å². The van der Waals surface area contributed by atoms with Gasteiger partial charge in [-0.3, -0.25) is 9.69 Å². The molecule has 0 bridgehead atoms. The minimum atomic E-state index is -0.110. The number of hydrogen-bond acceptors (Lipinski definition) is 2. The molecule has 0 heterocycles. The molecule has 0 amide bonds. The lowest BCUT2D eigenvalue weighted by Crippen LogP contribution is -2.25. The summed E-state index contributed by atoms with van der Waals surface area (Å²) >= 11 is 0. The molecular weight excluding hydrogens is 186 g/mol. The Morgan fingerprint density at radius 3 is 1.93 bits per heavy atom. The van der Waals surface area contributed by atoms with Gasteiger partial charge in [-0.25, -0.2) is 0 Å². The van der Waals surface area contributed by atoms with Crippen LogP contribution in [0, 0.1) is 0 Å². The van der Waals surface area contributed by atoms with E-state index in [0.29, 0.717) is 0 Å². The number of nitrogens with zero attached hydrogens (tertiary/aromatic N) is 1. The maximum atomic E-state index is 11.3. The summed E-state index contributed by atoms with van der Waals surface area (Å²) in [6.07, 6.45) is 0. The van der Waals surface area contributed by atoms with Gasteiger partial charge in [0.25, 0.3) is 0 Å². The largest absolute Gasteiger partial charge is 0.298 e. The quantitative estimate of drug-likeness (QED) is 0.759. The lowest BCUT2D eigenvalue weighted by Gasteiger charge is -2.21. The minimum absolute atomic E-state index is 0.110. The van der Waals surface area contributed by atoms with Crippen molar-refractivity contribution in [2.24, 2.45) is 0 Å². The highest BCUT2D eigenvalue weighted by Crippen LogP contribution is 2.18. The number of Topliss-reactive ketones (excluding diaryl/α,β-unsaturated/α-hetero) is 1. The fraction of sp³-hybridized carbons (Fsp3) is 0.462. The topological polar surface area (TPSA) is 20.3 Å². The first-order chi connectivity index (χ1) is 7.13. The normalized spacial score (nSPS) is 11.6. The molecular formula is C13H21NO. The number of rotatable bonds is 3. The van der Waals surface area contributed by atoms with Crippen LogP contribution >= 0.6 is 0 Å². The average Bonchev–Trinajstić information content (AvgIpc) is 2.21. The van der Waals surface area contributed by atoms with Gasteiger partial charge in [0.05, 0.1) is 6.04 Å². The molecule has 0 spiro atoms. The minimum Gasteiger partial charge on any atom is -0.298 e. The Balaban J connectivity index is 0.000000921. The molecule has 15 heavy (non-hydrogen) atoms. The second-order valence-corrected chi connectivity index (χ2v) is 3.39. The van der Waals surface area contributed by atoms with Crippen molar-refractivity contribution >= 4 is 5.78 Å². The van der Waals surface area contributed by atoms with Gasteiger partial charge in [0, 0.05) is 0 Å². The Kier molecular flexibility index (Phi) is 6.63. The van der Waals surface area contributed by atoms with Crippen LogP contribution in [-0.4, -0.2) is 24.8 Å². The monoisotopic (exact) mass is 207 g/mol. The van der Waals surface area contributed by atoms with Crippen molar-refractivity contribution in [1.82, 2.24) is 4.90 Å². The van der Waals surface area contributed by atoms with Crippen LogP contribution in [0.5, 0.6) is 0 Å². The molecule has 1 aromatic rings. The summed E-state index contributed by atoms with van der Waals surface area (Å²) in [7, 11) is 3.83. The fourth-order valence-electron chi connectivity index (χ4n) is 1.53. The van der Waals surface area contributed by atoms with E-state index in [1.807, 2.05) is 63.2 Å². The third-order valence-electron chi connectivity index (χ3n) is 2.02. The number of carbonyl (C=O) groups is 1. The van der Waals surface area contributed by atoms with E-state index in [-0.39, 0.29) is 11.8 Å². The lowest BCUT2D eigenvalue weighted by atomic mass is 10.0. The predicted molar refractivity (Wildman–Crippen MR) is 64.9 cm³/mol. The maximum Gasteiger partial charge on any atom is 0.151 e. The first-order valence-electron chi connectivity index (χ1n) is 5.34. The van der Waals surface area contributed by atoms with Gasteiger partial charge in [0.1, 0.15) is 0 Å². The molecule has 0 aliphatic carbocycles. The second kappa shape index (κ2) is 7.18. The van der Waals surface area contributed by atoms with Crippen LogP contribution in [0.3, 0.4) is 0 Å². The first kappa shape index (κ1) is 13.8. The zero-order valence-corrected chi connectivity index (χ0v) is 10.3. The summed E-state index contributed by atoms with van der Waals surface area (Å²) < 4.78 is 0. The summed E-state index contributed by atoms with van der Waals surface area (Å²) in [6, 6.07) is 9.71. The molecule has 2 nitrogen and oxygen atoms in total. The molecule has 0 saturated carbocycles. The standard InChI is InChI=1S/C11H15NO.C2H6/c1-9(13)11(12(2)3)10-7-5-4-6-8-10;1-2/h4-8,11H,1-3H3;1-2H3. The molecule has 1 aromatic carbocycles. The Labute approximate surface area is 92.9 Å². The van der Waals surface area contributed by atoms with E-state index in [1.54, 1.807) is 6.92 Å². The summed E-state index contributed by atoms with van der Waals surface area (Å²) in [5, 5.41) is 0. The van der Waals surface area contributed by atoms with Crippen LogP contribution in [0.4, 0.5) is 0 Å². The zero-order chi connectivity index (χ0) is 11.8. The van der Waals surface area contributed by atoms with E-state index >= 15 is 0 Å². The van der Waals surface area contributed by atoms with E-state index in [0.717, 1.165) is 5.56 Å². The summed E-state index contributed by atoms with van der Waals surface area (Å²) in [4.78, 5) is 13.3. The fourth-order valence-corrected chi connectivity index (χ4v) is 1.53. The highest BCUT2D eigenvalue weighted by Gasteiger charge is 2.17. The van der Waals surface area contributed by atoms with E-state index in [9.17, 15) is 4.79 Å². The molecule has 1 unspecified atom stereocenters. The van der Waals surface area contributed by atoms with Gasteiger partial charge in [0.15, 0.2) is 5.78 Å². The molecule has 84 valence electrons. The van der Waals surface area contributed by atoms with Crippen molar-refractivity contribution in [3.8, 4) is 0 Å². The van der Waals surface area contributed by atoms with Crippen LogP contribution in [0.25, 0.3) is 0 Å². The lowest BCUT2D eigenvalue weighted by molar-refractivity contribution is -0.121. The third kappa shape index (κ3) is 4.26. The maximum absolute atomic E-state index is 11.3. The highest BCUT2D eigenvalue weighted by molar-refractivity contribution is 5.82.